The fourth-order valence-corrected chi connectivity index (χ4v) is 3.15. The summed E-state index contributed by atoms with van der Waals surface area (Å²) in [4.78, 5) is 14.8. The number of rotatable bonds is 6. The minimum absolute atomic E-state index is 0. The minimum atomic E-state index is -2.43. The zero-order valence-electron chi connectivity index (χ0n) is 13.1. The predicted octanol–water partition coefficient (Wildman–Crippen LogP) is 3.88. The lowest BCUT2D eigenvalue weighted by Gasteiger charge is -2.32. The zero-order valence-corrected chi connectivity index (χ0v) is 14.8. The van der Waals surface area contributed by atoms with Gasteiger partial charge in [-0.15, -0.1) is 12.4 Å². The molecule has 1 saturated heterocycles. The summed E-state index contributed by atoms with van der Waals surface area (Å²) in [5, 5.41) is 3.35. The quantitative estimate of drug-likeness (QED) is 0.777. The average Bonchev–Trinajstić information content (AvgIpc) is 2.53. The Hall–Kier alpha value is -0.850. The van der Waals surface area contributed by atoms with E-state index < -0.39 is 5.76 Å². The van der Waals surface area contributed by atoms with Gasteiger partial charge in [-0.3, -0.25) is 4.79 Å². The summed E-state index contributed by atoms with van der Waals surface area (Å²) in [7, 11) is 0. The molecule has 1 aromatic carbocycles. The zero-order chi connectivity index (χ0) is 15.9. The van der Waals surface area contributed by atoms with Gasteiger partial charge in [0.2, 0.25) is 0 Å². The highest BCUT2D eigenvalue weighted by Crippen LogP contribution is 2.26. The average molecular weight is 365 g/mol. The number of nitrogens with one attached hydrogen (secondary N) is 1. The maximum atomic E-state index is 12.4. The van der Waals surface area contributed by atoms with Crippen molar-refractivity contribution in [3.05, 3.63) is 29.8 Å². The number of likely N-dealkylation sites (tertiary alicyclic amines) is 1. The van der Waals surface area contributed by atoms with Crippen molar-refractivity contribution in [2.24, 2.45) is 5.92 Å². The molecule has 23 heavy (non-hydrogen) atoms. The highest BCUT2D eigenvalue weighted by atomic mass is 35.5. The predicted molar refractivity (Wildman–Crippen MR) is 92.7 cm³/mol. The van der Waals surface area contributed by atoms with Gasteiger partial charge in [0.05, 0.1) is 0 Å². The molecule has 1 heterocycles. The summed E-state index contributed by atoms with van der Waals surface area (Å²) in [6.45, 7) is 5.61. The van der Waals surface area contributed by atoms with Crippen LogP contribution in [-0.4, -0.2) is 42.7 Å². The van der Waals surface area contributed by atoms with Gasteiger partial charge >= 0.3 is 0 Å². The fraction of sp³-hybridized carbons (Fsp3) is 0.562. The van der Waals surface area contributed by atoms with E-state index in [2.05, 4.69) is 12.2 Å². The molecule has 0 aliphatic carbocycles. The molecule has 0 aromatic heterocycles. The fourth-order valence-electron chi connectivity index (χ4n) is 2.65. The lowest BCUT2D eigenvalue weighted by Crippen LogP contribution is -2.40. The van der Waals surface area contributed by atoms with E-state index in [1.807, 2.05) is 4.90 Å². The van der Waals surface area contributed by atoms with Crippen LogP contribution >= 0.6 is 24.2 Å². The number of benzene rings is 1. The van der Waals surface area contributed by atoms with Gasteiger partial charge in [0, 0.05) is 23.5 Å². The Kier molecular flexibility index (Phi) is 8.87. The minimum Gasteiger partial charge on any atom is -0.339 e. The summed E-state index contributed by atoms with van der Waals surface area (Å²) >= 11 is 0.497. The first-order valence-electron chi connectivity index (χ1n) is 7.65. The molecule has 130 valence electrons. The van der Waals surface area contributed by atoms with Crippen LogP contribution in [-0.2, 0) is 0 Å². The number of hydrogen-bond donors (Lipinski definition) is 1. The molecule has 3 nitrogen and oxygen atoms in total. The van der Waals surface area contributed by atoms with Gasteiger partial charge in [-0.05, 0) is 56.1 Å². The van der Waals surface area contributed by atoms with Crippen molar-refractivity contribution in [1.82, 2.24) is 10.2 Å². The molecule has 0 saturated carbocycles. The highest BCUT2D eigenvalue weighted by molar-refractivity contribution is 7.99. The van der Waals surface area contributed by atoms with Crippen LogP contribution in [0.3, 0.4) is 0 Å². The summed E-state index contributed by atoms with van der Waals surface area (Å²) in [5.41, 5.74) is 0.573. The lowest BCUT2D eigenvalue weighted by molar-refractivity contribution is 0.0690. The number of piperidine rings is 1. The maximum Gasteiger partial charge on any atom is 0.288 e. The number of nitrogens with zero attached hydrogens (tertiary/aromatic N) is 1. The second-order valence-corrected chi connectivity index (χ2v) is 6.51. The first kappa shape index (κ1) is 20.2. The van der Waals surface area contributed by atoms with E-state index in [-0.39, 0.29) is 18.3 Å². The SMILES string of the molecule is CCNCC1CCN(C(=O)c2ccc(SC(F)F)cc2)CC1.Cl. The highest BCUT2D eigenvalue weighted by Gasteiger charge is 2.23. The van der Waals surface area contributed by atoms with Crippen LogP contribution in [0, 0.1) is 5.92 Å². The molecule has 0 radical (unpaired) electrons. The molecule has 1 fully saturated rings. The monoisotopic (exact) mass is 364 g/mol. The van der Waals surface area contributed by atoms with Crippen LogP contribution < -0.4 is 5.32 Å². The van der Waals surface area contributed by atoms with E-state index >= 15 is 0 Å². The smallest absolute Gasteiger partial charge is 0.288 e. The summed E-state index contributed by atoms with van der Waals surface area (Å²) in [6, 6.07) is 6.44. The molecule has 0 unspecified atom stereocenters. The Bertz CT molecular complexity index is 479. The molecular formula is C16H23ClF2N2OS. The number of carbonyl (C=O) groups is 1. The summed E-state index contributed by atoms with van der Waals surface area (Å²) < 4.78 is 24.6. The lowest BCUT2D eigenvalue weighted by atomic mass is 9.96. The van der Waals surface area contributed by atoms with Gasteiger partial charge in [-0.1, -0.05) is 18.7 Å². The van der Waals surface area contributed by atoms with Crippen LogP contribution in [0.15, 0.2) is 29.2 Å². The summed E-state index contributed by atoms with van der Waals surface area (Å²) in [5.74, 6) is -1.80. The maximum absolute atomic E-state index is 12.4. The Morgan fingerprint density at radius 1 is 1.30 bits per heavy atom. The van der Waals surface area contributed by atoms with Crippen molar-refractivity contribution < 1.29 is 13.6 Å². The Morgan fingerprint density at radius 2 is 1.91 bits per heavy atom. The normalized spacial score (nSPS) is 15.6. The molecule has 1 amide bonds. The largest absolute Gasteiger partial charge is 0.339 e. The van der Waals surface area contributed by atoms with Crippen LogP contribution in [0.4, 0.5) is 8.78 Å². The molecule has 1 aromatic rings. The van der Waals surface area contributed by atoms with Gasteiger partial charge in [0.15, 0.2) is 0 Å². The van der Waals surface area contributed by atoms with E-state index in [1.165, 1.54) is 0 Å². The summed E-state index contributed by atoms with van der Waals surface area (Å²) in [6.07, 6.45) is 2.02. The van der Waals surface area contributed by atoms with Crippen molar-refractivity contribution in [2.75, 3.05) is 26.2 Å². The van der Waals surface area contributed by atoms with E-state index in [0.717, 1.165) is 39.0 Å². The molecule has 7 heteroatoms. The van der Waals surface area contributed by atoms with Crippen LogP contribution in [0.2, 0.25) is 0 Å². The second-order valence-electron chi connectivity index (χ2n) is 5.45. The van der Waals surface area contributed by atoms with Crippen molar-refractivity contribution >= 4 is 30.1 Å². The van der Waals surface area contributed by atoms with Crippen molar-refractivity contribution in [3.63, 3.8) is 0 Å². The number of thioether (sulfide) groups is 1. The van der Waals surface area contributed by atoms with Gasteiger partial charge in [-0.25, -0.2) is 0 Å². The van der Waals surface area contributed by atoms with E-state index in [0.29, 0.717) is 28.1 Å². The number of hydrogen-bond acceptors (Lipinski definition) is 3. The first-order valence-corrected chi connectivity index (χ1v) is 8.53. The number of alkyl halides is 2. The molecule has 1 aliphatic rings. The van der Waals surface area contributed by atoms with Gasteiger partial charge in [0.25, 0.3) is 11.7 Å². The Balaban J connectivity index is 0.00000264. The van der Waals surface area contributed by atoms with Crippen molar-refractivity contribution in [3.8, 4) is 0 Å². The molecule has 2 rings (SSSR count). The van der Waals surface area contributed by atoms with E-state index in [1.54, 1.807) is 24.3 Å². The van der Waals surface area contributed by atoms with E-state index in [9.17, 15) is 13.6 Å². The molecule has 0 bridgehead atoms. The van der Waals surface area contributed by atoms with Gasteiger partial charge < -0.3 is 10.2 Å². The molecule has 1 N–H and O–H groups in total. The Morgan fingerprint density at radius 3 is 2.43 bits per heavy atom. The van der Waals surface area contributed by atoms with Crippen molar-refractivity contribution in [2.45, 2.75) is 30.4 Å². The number of amides is 1. The van der Waals surface area contributed by atoms with Crippen molar-refractivity contribution in [1.29, 1.82) is 0 Å². The third kappa shape index (κ3) is 6.28. The molecule has 0 atom stereocenters. The standard InChI is InChI=1S/C16H22F2N2OS.ClH/c1-2-19-11-12-7-9-20(10-8-12)15(21)13-3-5-14(6-4-13)22-16(17)18;/h3-6,12,16,19H,2,7-11H2,1H3;1H. The third-order valence-electron chi connectivity index (χ3n) is 3.91. The van der Waals surface area contributed by atoms with Gasteiger partial charge in [-0.2, -0.15) is 8.78 Å². The first-order chi connectivity index (χ1) is 10.6. The Labute approximate surface area is 146 Å². The van der Waals surface area contributed by atoms with Crippen LogP contribution in [0.25, 0.3) is 0 Å². The second kappa shape index (κ2) is 10.1. The number of halogens is 3. The molecule has 0 spiro atoms. The topological polar surface area (TPSA) is 32.3 Å². The van der Waals surface area contributed by atoms with Crippen LogP contribution in [0.1, 0.15) is 30.1 Å². The van der Waals surface area contributed by atoms with E-state index in [4.69, 9.17) is 0 Å². The molecular weight excluding hydrogens is 342 g/mol. The third-order valence-corrected chi connectivity index (χ3v) is 4.63. The molecule has 1 aliphatic heterocycles. The van der Waals surface area contributed by atoms with Crippen LogP contribution in [0.5, 0.6) is 0 Å². The number of carbonyl (C=O) groups excluding carboxylic acids is 1. The van der Waals surface area contributed by atoms with Gasteiger partial charge in [0.1, 0.15) is 0 Å².